The predicted octanol–water partition coefficient (Wildman–Crippen LogP) is 4.00. The average molecular weight is 380 g/mol. The zero-order valence-corrected chi connectivity index (χ0v) is 17.3. The molecule has 4 nitrogen and oxygen atoms in total. The third kappa shape index (κ3) is 3.01. The number of hydrogen-bond donors (Lipinski definition) is 0. The molecule has 28 heavy (non-hydrogen) atoms. The van der Waals surface area contributed by atoms with Gasteiger partial charge in [0, 0.05) is 43.6 Å². The average Bonchev–Trinajstić information content (AvgIpc) is 2.73. The number of nitrogens with zero attached hydrogens (tertiary/aromatic N) is 3. The summed E-state index contributed by atoms with van der Waals surface area (Å²) in [6.45, 7) is 9.14. The van der Waals surface area contributed by atoms with Crippen molar-refractivity contribution < 1.29 is 4.79 Å². The van der Waals surface area contributed by atoms with Gasteiger partial charge in [0.25, 0.3) is 5.91 Å². The molecule has 1 amide bonds. The Morgan fingerprint density at radius 1 is 1.21 bits per heavy atom. The molecule has 1 aromatic heterocycles. The van der Waals surface area contributed by atoms with Gasteiger partial charge in [0.15, 0.2) is 0 Å². The van der Waals surface area contributed by atoms with E-state index in [1.165, 1.54) is 38.8 Å². The molecule has 0 radical (unpaired) electrons. The second kappa shape index (κ2) is 6.98. The smallest absolute Gasteiger partial charge is 0.253 e. The highest BCUT2D eigenvalue weighted by molar-refractivity contribution is 5.94. The van der Waals surface area contributed by atoms with Crippen molar-refractivity contribution in [2.75, 3.05) is 26.2 Å². The van der Waals surface area contributed by atoms with Gasteiger partial charge in [-0.15, -0.1) is 0 Å². The van der Waals surface area contributed by atoms with E-state index in [4.69, 9.17) is 0 Å². The van der Waals surface area contributed by atoms with Crippen LogP contribution < -0.4 is 0 Å². The highest BCUT2D eigenvalue weighted by Crippen LogP contribution is 2.59. The zero-order chi connectivity index (χ0) is 19.3. The van der Waals surface area contributed by atoms with Crippen molar-refractivity contribution in [1.29, 1.82) is 0 Å². The SMILES string of the molecule is CC1(C)[C@H]2CC=C(CN3CCC[C@@H]4CN(C(=O)c5ccncc5)CC[C@H]43)[C@@H]1C2. The van der Waals surface area contributed by atoms with Gasteiger partial charge in [0.2, 0.25) is 0 Å². The molecule has 4 atom stereocenters. The lowest BCUT2D eigenvalue weighted by Gasteiger charge is -2.57. The Labute approximate surface area is 169 Å². The molecule has 6 rings (SSSR count). The molecule has 150 valence electrons. The Bertz CT molecular complexity index is 771. The number of aromatic nitrogens is 1. The number of carbonyl (C=O) groups excluding carboxylic acids is 1. The molecule has 3 aliphatic carbocycles. The first-order valence-electron chi connectivity index (χ1n) is 11.2. The summed E-state index contributed by atoms with van der Waals surface area (Å²) in [5.74, 6) is 2.52. The molecule has 0 N–H and O–H groups in total. The number of carbonyl (C=O) groups is 1. The van der Waals surface area contributed by atoms with Gasteiger partial charge in [-0.05, 0) is 74.0 Å². The molecule has 0 unspecified atom stereocenters. The van der Waals surface area contributed by atoms with Crippen LogP contribution in [0.3, 0.4) is 0 Å². The third-order valence-electron chi connectivity index (χ3n) is 8.37. The van der Waals surface area contributed by atoms with Crippen LogP contribution in [0.25, 0.3) is 0 Å². The van der Waals surface area contributed by atoms with Crippen LogP contribution in [0.1, 0.15) is 56.3 Å². The Hall–Kier alpha value is -1.68. The van der Waals surface area contributed by atoms with Crippen molar-refractivity contribution in [3.8, 4) is 0 Å². The number of pyridine rings is 1. The fourth-order valence-corrected chi connectivity index (χ4v) is 6.45. The van der Waals surface area contributed by atoms with Crippen LogP contribution in [0.2, 0.25) is 0 Å². The number of hydrogen-bond acceptors (Lipinski definition) is 3. The van der Waals surface area contributed by atoms with E-state index in [0.717, 1.165) is 36.9 Å². The van der Waals surface area contributed by atoms with Crippen LogP contribution in [-0.2, 0) is 0 Å². The van der Waals surface area contributed by atoms with Gasteiger partial charge in [-0.2, -0.15) is 0 Å². The molecular weight excluding hydrogens is 346 g/mol. The second-order valence-corrected chi connectivity index (χ2v) is 10.0. The molecule has 2 bridgehead atoms. The van der Waals surface area contributed by atoms with Crippen LogP contribution in [0.15, 0.2) is 36.2 Å². The zero-order valence-electron chi connectivity index (χ0n) is 17.3. The van der Waals surface area contributed by atoms with Crippen molar-refractivity contribution in [3.63, 3.8) is 0 Å². The number of amides is 1. The van der Waals surface area contributed by atoms with Crippen LogP contribution in [-0.4, -0.2) is 52.9 Å². The second-order valence-electron chi connectivity index (χ2n) is 10.0. The molecule has 2 saturated heterocycles. The van der Waals surface area contributed by atoms with Gasteiger partial charge < -0.3 is 4.90 Å². The van der Waals surface area contributed by atoms with E-state index in [-0.39, 0.29) is 5.91 Å². The summed E-state index contributed by atoms with van der Waals surface area (Å²) < 4.78 is 0. The molecule has 3 heterocycles. The van der Waals surface area contributed by atoms with Gasteiger partial charge in [-0.1, -0.05) is 25.5 Å². The lowest BCUT2D eigenvalue weighted by atomic mass is 9.49. The lowest BCUT2D eigenvalue weighted by molar-refractivity contribution is -0.0195. The Morgan fingerprint density at radius 2 is 2.04 bits per heavy atom. The number of allylic oxidation sites excluding steroid dienone is 1. The molecule has 2 aliphatic heterocycles. The van der Waals surface area contributed by atoms with Gasteiger partial charge in [0.05, 0.1) is 0 Å². The number of rotatable bonds is 3. The highest BCUT2D eigenvalue weighted by Gasteiger charge is 2.51. The monoisotopic (exact) mass is 379 g/mol. The molecule has 1 saturated carbocycles. The quantitative estimate of drug-likeness (QED) is 0.745. The fourth-order valence-electron chi connectivity index (χ4n) is 6.45. The predicted molar refractivity (Wildman–Crippen MR) is 111 cm³/mol. The summed E-state index contributed by atoms with van der Waals surface area (Å²) >= 11 is 0. The maximum atomic E-state index is 12.9. The number of fused-ring (bicyclic) bond motifs is 2. The fraction of sp³-hybridized carbons (Fsp3) is 0.667. The van der Waals surface area contributed by atoms with Crippen molar-refractivity contribution in [1.82, 2.24) is 14.8 Å². The van der Waals surface area contributed by atoms with E-state index >= 15 is 0 Å². The van der Waals surface area contributed by atoms with E-state index < -0.39 is 0 Å². The van der Waals surface area contributed by atoms with E-state index in [2.05, 4.69) is 34.7 Å². The summed E-state index contributed by atoms with van der Waals surface area (Å²) in [5.41, 5.74) is 3.00. The van der Waals surface area contributed by atoms with E-state index in [9.17, 15) is 4.79 Å². The first-order chi connectivity index (χ1) is 13.5. The van der Waals surface area contributed by atoms with Crippen LogP contribution in [0.4, 0.5) is 0 Å². The molecule has 5 aliphatic rings. The van der Waals surface area contributed by atoms with Crippen molar-refractivity contribution in [3.05, 3.63) is 41.7 Å². The minimum Gasteiger partial charge on any atom is -0.338 e. The van der Waals surface area contributed by atoms with Crippen molar-refractivity contribution >= 4 is 5.91 Å². The standard InChI is InChI=1S/C24H33N3O/c1-24(2)20-6-5-18(21(24)14-20)15-26-12-3-4-19-16-27(13-9-22(19)26)23(28)17-7-10-25-11-8-17/h5,7-8,10-11,19-22H,3-4,6,9,12-16H2,1-2H3/t19-,20+,21+,22-/m1/s1. The minimum absolute atomic E-state index is 0.176. The Morgan fingerprint density at radius 3 is 2.79 bits per heavy atom. The molecule has 3 fully saturated rings. The lowest BCUT2D eigenvalue weighted by Crippen LogP contribution is -2.57. The van der Waals surface area contributed by atoms with Gasteiger partial charge in [-0.3, -0.25) is 14.7 Å². The molecule has 1 aromatic rings. The highest BCUT2D eigenvalue weighted by atomic mass is 16.2. The Balaban J connectivity index is 1.25. The minimum atomic E-state index is 0.176. The first-order valence-corrected chi connectivity index (χ1v) is 11.2. The van der Waals surface area contributed by atoms with Crippen molar-refractivity contribution in [2.45, 2.75) is 52.0 Å². The maximum Gasteiger partial charge on any atom is 0.253 e. The van der Waals surface area contributed by atoms with Crippen LogP contribution in [0, 0.1) is 23.2 Å². The molecule has 4 heteroatoms. The normalized spacial score (nSPS) is 34.2. The molecule has 0 spiro atoms. The number of piperidine rings is 2. The Kier molecular flexibility index (Phi) is 4.58. The summed E-state index contributed by atoms with van der Waals surface area (Å²) in [6.07, 6.45) is 12.3. The van der Waals surface area contributed by atoms with Crippen LogP contribution in [0.5, 0.6) is 0 Å². The third-order valence-corrected chi connectivity index (χ3v) is 8.37. The van der Waals surface area contributed by atoms with E-state index in [1.54, 1.807) is 18.0 Å². The largest absolute Gasteiger partial charge is 0.338 e. The van der Waals surface area contributed by atoms with E-state index in [1.807, 2.05) is 12.1 Å². The van der Waals surface area contributed by atoms with E-state index in [0.29, 0.717) is 17.4 Å². The van der Waals surface area contributed by atoms with Crippen LogP contribution >= 0.6 is 0 Å². The van der Waals surface area contributed by atoms with Gasteiger partial charge in [-0.25, -0.2) is 0 Å². The summed E-state index contributed by atoms with van der Waals surface area (Å²) in [4.78, 5) is 21.8. The van der Waals surface area contributed by atoms with Crippen molar-refractivity contribution in [2.24, 2.45) is 23.2 Å². The summed E-state index contributed by atoms with van der Waals surface area (Å²) in [5, 5.41) is 0. The topological polar surface area (TPSA) is 36.4 Å². The summed E-state index contributed by atoms with van der Waals surface area (Å²) in [7, 11) is 0. The van der Waals surface area contributed by atoms with Gasteiger partial charge in [0.1, 0.15) is 0 Å². The molecule has 0 aromatic carbocycles. The molecular formula is C24H33N3O. The maximum absolute atomic E-state index is 12.9. The first kappa shape index (κ1) is 18.4. The number of likely N-dealkylation sites (tertiary alicyclic amines) is 2. The summed E-state index contributed by atoms with van der Waals surface area (Å²) in [6, 6.07) is 4.33. The van der Waals surface area contributed by atoms with Gasteiger partial charge >= 0.3 is 0 Å².